The van der Waals surface area contributed by atoms with Gasteiger partial charge in [0, 0.05) is 20.3 Å². The van der Waals surface area contributed by atoms with Crippen LogP contribution in [0.25, 0.3) is 0 Å². The summed E-state index contributed by atoms with van der Waals surface area (Å²) < 4.78 is 15.1. The normalized spacial score (nSPS) is 12.7. The van der Waals surface area contributed by atoms with Crippen LogP contribution in [-0.2, 0) is 9.47 Å². The average Bonchev–Trinajstić information content (AvgIpc) is 2.86. The Morgan fingerprint density at radius 1 is 1.44 bits per heavy atom. The van der Waals surface area contributed by atoms with Gasteiger partial charge in [-0.25, -0.2) is 4.79 Å². The van der Waals surface area contributed by atoms with Gasteiger partial charge in [-0.1, -0.05) is 0 Å². The molecule has 1 aromatic heterocycles. The topological polar surface area (TPSA) is 51.9 Å². The Labute approximate surface area is 108 Å². The van der Waals surface area contributed by atoms with E-state index in [0.717, 1.165) is 25.3 Å². The largest absolute Gasteiger partial charge is 0.463 e. The van der Waals surface area contributed by atoms with Gasteiger partial charge in [0.2, 0.25) is 5.76 Å². The minimum atomic E-state index is -0.449. The quantitative estimate of drug-likeness (QED) is 0.551. The number of nitrogens with zero attached hydrogens (tertiary/aromatic N) is 1. The van der Waals surface area contributed by atoms with Gasteiger partial charge in [0.25, 0.3) is 0 Å². The number of hydrogen-bond acceptors (Lipinski definition) is 5. The number of ether oxygens (including phenoxy) is 2. The van der Waals surface area contributed by atoms with Crippen LogP contribution in [0.15, 0.2) is 16.5 Å². The number of methoxy groups -OCH3 is 2. The van der Waals surface area contributed by atoms with E-state index in [9.17, 15) is 4.79 Å². The molecule has 0 aromatic carbocycles. The van der Waals surface area contributed by atoms with Crippen LogP contribution in [0.3, 0.4) is 0 Å². The Bertz CT molecular complexity index is 375. The van der Waals surface area contributed by atoms with E-state index in [1.165, 1.54) is 7.11 Å². The maximum atomic E-state index is 11.3. The minimum absolute atomic E-state index is 0.111. The molecule has 18 heavy (non-hydrogen) atoms. The average molecular weight is 255 g/mol. The van der Waals surface area contributed by atoms with E-state index in [-0.39, 0.29) is 11.8 Å². The highest BCUT2D eigenvalue weighted by atomic mass is 16.5. The first-order chi connectivity index (χ1) is 8.60. The number of carbonyl (C=O) groups excluding carboxylic acids is 1. The van der Waals surface area contributed by atoms with Crippen molar-refractivity contribution in [1.82, 2.24) is 4.90 Å². The highest BCUT2D eigenvalue weighted by Gasteiger charge is 2.18. The van der Waals surface area contributed by atoms with Crippen LogP contribution >= 0.6 is 0 Å². The maximum absolute atomic E-state index is 11.3. The van der Waals surface area contributed by atoms with Crippen molar-refractivity contribution >= 4 is 5.97 Å². The number of hydrogen-bond donors (Lipinski definition) is 0. The molecule has 1 unspecified atom stereocenters. The summed E-state index contributed by atoms with van der Waals surface area (Å²) in [4.78, 5) is 13.4. The first-order valence-corrected chi connectivity index (χ1v) is 5.97. The van der Waals surface area contributed by atoms with Gasteiger partial charge in [0.05, 0.1) is 13.2 Å². The molecular weight excluding hydrogens is 234 g/mol. The molecule has 5 nitrogen and oxygen atoms in total. The summed E-state index contributed by atoms with van der Waals surface area (Å²) in [5.74, 6) is 0.551. The van der Waals surface area contributed by atoms with Crippen LogP contribution in [0.5, 0.6) is 0 Å². The van der Waals surface area contributed by atoms with E-state index in [1.807, 2.05) is 20.0 Å². The summed E-state index contributed by atoms with van der Waals surface area (Å²) in [6, 6.07) is 3.56. The van der Waals surface area contributed by atoms with Crippen molar-refractivity contribution in [3.63, 3.8) is 0 Å². The SMILES string of the molecule is COCCCN(C)C(C)c1ccc(C(=O)OC)o1. The van der Waals surface area contributed by atoms with E-state index in [1.54, 1.807) is 13.2 Å². The lowest BCUT2D eigenvalue weighted by Crippen LogP contribution is -2.24. The predicted molar refractivity (Wildman–Crippen MR) is 67.6 cm³/mol. The molecule has 0 aliphatic carbocycles. The fourth-order valence-corrected chi connectivity index (χ4v) is 1.66. The summed E-state index contributed by atoms with van der Waals surface area (Å²) in [7, 11) is 5.05. The zero-order valence-corrected chi connectivity index (χ0v) is 11.4. The lowest BCUT2D eigenvalue weighted by atomic mass is 10.2. The second-order valence-corrected chi connectivity index (χ2v) is 4.20. The molecule has 0 saturated carbocycles. The molecule has 102 valence electrons. The fourth-order valence-electron chi connectivity index (χ4n) is 1.66. The van der Waals surface area contributed by atoms with Crippen LogP contribution in [0.1, 0.15) is 35.7 Å². The van der Waals surface area contributed by atoms with Gasteiger partial charge < -0.3 is 13.9 Å². The molecular formula is C13H21NO4. The van der Waals surface area contributed by atoms with Crippen molar-refractivity contribution in [2.75, 3.05) is 34.4 Å². The Morgan fingerprint density at radius 3 is 2.78 bits per heavy atom. The number of rotatable bonds is 7. The summed E-state index contributed by atoms with van der Waals surface area (Å²) in [5, 5.41) is 0. The van der Waals surface area contributed by atoms with E-state index < -0.39 is 5.97 Å². The number of carbonyl (C=O) groups is 1. The van der Waals surface area contributed by atoms with Gasteiger partial charge in [0.1, 0.15) is 5.76 Å². The highest BCUT2D eigenvalue weighted by Crippen LogP contribution is 2.21. The number of esters is 1. The number of furan rings is 1. The molecule has 1 rings (SSSR count). The maximum Gasteiger partial charge on any atom is 0.373 e. The van der Waals surface area contributed by atoms with Gasteiger partial charge in [-0.2, -0.15) is 0 Å². The van der Waals surface area contributed by atoms with Crippen LogP contribution < -0.4 is 0 Å². The van der Waals surface area contributed by atoms with Crippen molar-refractivity contribution < 1.29 is 18.7 Å². The highest BCUT2D eigenvalue weighted by molar-refractivity contribution is 5.86. The molecule has 0 aliphatic heterocycles. The molecule has 0 bridgehead atoms. The molecule has 1 aromatic rings. The molecule has 0 aliphatic rings. The first kappa shape index (κ1) is 14.7. The van der Waals surface area contributed by atoms with E-state index in [0.29, 0.717) is 0 Å². The standard InChI is InChI=1S/C13H21NO4/c1-10(14(2)8-5-9-16-3)11-6-7-12(18-11)13(15)17-4/h6-7,10H,5,8-9H2,1-4H3. The van der Waals surface area contributed by atoms with Crippen molar-refractivity contribution in [2.45, 2.75) is 19.4 Å². The predicted octanol–water partition coefficient (Wildman–Crippen LogP) is 2.10. The molecule has 0 N–H and O–H groups in total. The summed E-state index contributed by atoms with van der Waals surface area (Å²) in [6.45, 7) is 3.68. The van der Waals surface area contributed by atoms with Gasteiger partial charge >= 0.3 is 5.97 Å². The van der Waals surface area contributed by atoms with Crippen molar-refractivity contribution in [2.24, 2.45) is 0 Å². The van der Waals surface area contributed by atoms with Crippen molar-refractivity contribution in [1.29, 1.82) is 0 Å². The zero-order chi connectivity index (χ0) is 13.5. The lowest BCUT2D eigenvalue weighted by molar-refractivity contribution is 0.0559. The summed E-state index contributed by atoms with van der Waals surface area (Å²) in [6.07, 6.45) is 0.960. The minimum Gasteiger partial charge on any atom is -0.463 e. The first-order valence-electron chi connectivity index (χ1n) is 5.97. The van der Waals surface area contributed by atoms with Crippen molar-refractivity contribution in [3.05, 3.63) is 23.7 Å². The van der Waals surface area contributed by atoms with Crippen LogP contribution in [0.2, 0.25) is 0 Å². The van der Waals surface area contributed by atoms with E-state index in [2.05, 4.69) is 9.64 Å². The zero-order valence-electron chi connectivity index (χ0n) is 11.4. The molecule has 1 atom stereocenters. The van der Waals surface area contributed by atoms with Crippen LogP contribution in [0, 0.1) is 0 Å². The Hall–Kier alpha value is -1.33. The Morgan fingerprint density at radius 2 is 2.17 bits per heavy atom. The fraction of sp³-hybridized carbons (Fsp3) is 0.615. The molecule has 0 amide bonds. The smallest absolute Gasteiger partial charge is 0.373 e. The van der Waals surface area contributed by atoms with Crippen molar-refractivity contribution in [3.8, 4) is 0 Å². The van der Waals surface area contributed by atoms with E-state index in [4.69, 9.17) is 9.15 Å². The van der Waals surface area contributed by atoms with Gasteiger partial charge in [0.15, 0.2) is 0 Å². The van der Waals surface area contributed by atoms with Crippen LogP contribution in [-0.4, -0.2) is 45.3 Å². The van der Waals surface area contributed by atoms with Gasteiger partial charge in [-0.3, -0.25) is 4.90 Å². The second-order valence-electron chi connectivity index (χ2n) is 4.20. The Kier molecular flexibility index (Phi) is 5.88. The molecule has 5 heteroatoms. The third kappa shape index (κ3) is 3.85. The molecule has 0 spiro atoms. The molecule has 0 saturated heterocycles. The van der Waals surface area contributed by atoms with Crippen LogP contribution in [0.4, 0.5) is 0 Å². The Balaban J connectivity index is 2.57. The lowest BCUT2D eigenvalue weighted by Gasteiger charge is -2.22. The third-order valence-electron chi connectivity index (χ3n) is 2.95. The monoisotopic (exact) mass is 255 g/mol. The molecule has 1 heterocycles. The third-order valence-corrected chi connectivity index (χ3v) is 2.95. The van der Waals surface area contributed by atoms with E-state index >= 15 is 0 Å². The van der Waals surface area contributed by atoms with Gasteiger partial charge in [-0.05, 0) is 32.5 Å². The second kappa shape index (κ2) is 7.18. The summed E-state index contributed by atoms with van der Waals surface area (Å²) >= 11 is 0. The molecule has 0 fully saturated rings. The molecule has 0 radical (unpaired) electrons. The summed E-state index contributed by atoms with van der Waals surface area (Å²) in [5.41, 5.74) is 0. The van der Waals surface area contributed by atoms with Gasteiger partial charge in [-0.15, -0.1) is 0 Å².